The molecule has 0 atom stereocenters. The van der Waals surface area contributed by atoms with Crippen molar-refractivity contribution in [3.8, 4) is 11.3 Å². The van der Waals surface area contributed by atoms with Gasteiger partial charge in [-0.2, -0.15) is 0 Å². The zero-order chi connectivity index (χ0) is 21.0. The van der Waals surface area contributed by atoms with Crippen LogP contribution in [0.5, 0.6) is 0 Å². The Balaban J connectivity index is 1.45. The smallest absolute Gasteiger partial charge is 0.258 e. The van der Waals surface area contributed by atoms with Gasteiger partial charge in [-0.05, 0) is 17.7 Å². The van der Waals surface area contributed by atoms with Gasteiger partial charge in [0, 0.05) is 17.4 Å². The van der Waals surface area contributed by atoms with E-state index in [9.17, 15) is 4.79 Å². The summed E-state index contributed by atoms with van der Waals surface area (Å²) in [4.78, 5) is 17.9. The predicted octanol–water partition coefficient (Wildman–Crippen LogP) is 5.60. The molecule has 0 spiro atoms. The largest absolute Gasteiger partial charge is 0.296 e. The zero-order valence-electron chi connectivity index (χ0n) is 16.5. The molecule has 0 aliphatic heterocycles. The van der Waals surface area contributed by atoms with Crippen molar-refractivity contribution in [2.75, 3.05) is 5.32 Å². The molecular formula is C25H18N4OS. The minimum atomic E-state index is -0.224. The number of amides is 1. The van der Waals surface area contributed by atoms with Gasteiger partial charge >= 0.3 is 0 Å². The third kappa shape index (κ3) is 4.20. The van der Waals surface area contributed by atoms with E-state index in [1.54, 1.807) is 0 Å². The molecule has 2 heterocycles. The fourth-order valence-corrected chi connectivity index (χ4v) is 4.20. The molecule has 5 nitrogen and oxygen atoms in total. The molecule has 0 unspecified atom stereocenters. The molecule has 3 aromatic carbocycles. The van der Waals surface area contributed by atoms with Crippen molar-refractivity contribution in [2.45, 2.75) is 6.42 Å². The Morgan fingerprint density at radius 3 is 2.35 bits per heavy atom. The van der Waals surface area contributed by atoms with Crippen molar-refractivity contribution in [1.82, 2.24) is 15.2 Å². The number of anilines is 1. The van der Waals surface area contributed by atoms with E-state index in [1.807, 2.05) is 91.0 Å². The first-order chi connectivity index (χ1) is 15.3. The Labute approximate surface area is 183 Å². The summed E-state index contributed by atoms with van der Waals surface area (Å²) in [5.41, 5.74) is 4.21. The summed E-state index contributed by atoms with van der Waals surface area (Å²) in [6.45, 7) is 0. The van der Waals surface area contributed by atoms with Crippen molar-refractivity contribution < 1.29 is 4.79 Å². The first-order valence-electron chi connectivity index (χ1n) is 9.89. The maximum absolute atomic E-state index is 13.2. The lowest BCUT2D eigenvalue weighted by atomic mass is 10.0. The summed E-state index contributed by atoms with van der Waals surface area (Å²) >= 11 is 1.39. The van der Waals surface area contributed by atoms with Gasteiger partial charge in [0.15, 0.2) is 0 Å². The molecule has 1 amide bonds. The molecule has 2 aromatic heterocycles. The van der Waals surface area contributed by atoms with Crippen LogP contribution < -0.4 is 5.32 Å². The number of fused-ring (bicyclic) bond motifs is 1. The molecule has 31 heavy (non-hydrogen) atoms. The first kappa shape index (κ1) is 19.1. The highest BCUT2D eigenvalue weighted by atomic mass is 32.1. The number of pyridine rings is 1. The molecule has 0 saturated heterocycles. The summed E-state index contributed by atoms with van der Waals surface area (Å²) in [5.74, 6) is -0.224. The standard InChI is InChI=1S/C25H18N4OS/c30-24(27-25-29-28-23(31-25)15-17-9-3-1-4-10-17)20-16-22(18-11-5-2-6-12-18)26-21-14-8-7-13-19(20)21/h1-14,16H,15H2,(H,27,29,30). The molecule has 5 aromatic rings. The molecule has 0 aliphatic rings. The van der Waals surface area contributed by atoms with Gasteiger partial charge in [0.1, 0.15) is 5.01 Å². The van der Waals surface area contributed by atoms with Crippen LogP contribution in [-0.4, -0.2) is 21.1 Å². The van der Waals surface area contributed by atoms with Crippen LogP contribution in [0.4, 0.5) is 5.13 Å². The zero-order valence-corrected chi connectivity index (χ0v) is 17.3. The SMILES string of the molecule is O=C(Nc1nnc(Cc2ccccc2)s1)c1cc(-c2ccccc2)nc2ccccc12. The van der Waals surface area contributed by atoms with Crippen molar-refractivity contribution >= 4 is 33.3 Å². The lowest BCUT2D eigenvalue weighted by Crippen LogP contribution is -2.13. The van der Waals surface area contributed by atoms with Gasteiger partial charge in [-0.1, -0.05) is 90.2 Å². The van der Waals surface area contributed by atoms with Crippen LogP contribution in [-0.2, 0) is 6.42 Å². The highest BCUT2D eigenvalue weighted by Gasteiger charge is 2.16. The van der Waals surface area contributed by atoms with Gasteiger partial charge in [-0.25, -0.2) is 4.98 Å². The number of hydrogen-bond donors (Lipinski definition) is 1. The van der Waals surface area contributed by atoms with Crippen LogP contribution >= 0.6 is 11.3 Å². The summed E-state index contributed by atoms with van der Waals surface area (Å²) < 4.78 is 0. The Morgan fingerprint density at radius 2 is 1.55 bits per heavy atom. The second kappa shape index (κ2) is 8.45. The number of carbonyl (C=O) groups is 1. The van der Waals surface area contributed by atoms with E-state index in [1.165, 1.54) is 11.3 Å². The summed E-state index contributed by atoms with van der Waals surface area (Å²) in [7, 11) is 0. The normalized spacial score (nSPS) is 10.8. The molecule has 0 radical (unpaired) electrons. The fraction of sp³-hybridized carbons (Fsp3) is 0.0400. The van der Waals surface area contributed by atoms with Gasteiger partial charge in [0.05, 0.1) is 16.8 Å². The summed E-state index contributed by atoms with van der Waals surface area (Å²) in [5, 5.41) is 13.4. The topological polar surface area (TPSA) is 67.8 Å². The lowest BCUT2D eigenvalue weighted by Gasteiger charge is -2.09. The van der Waals surface area contributed by atoms with Gasteiger partial charge < -0.3 is 0 Å². The molecule has 0 saturated carbocycles. The highest BCUT2D eigenvalue weighted by Crippen LogP contribution is 2.26. The van der Waals surface area contributed by atoms with Gasteiger partial charge in [-0.15, -0.1) is 10.2 Å². The van der Waals surface area contributed by atoms with E-state index in [4.69, 9.17) is 4.98 Å². The number of aromatic nitrogens is 3. The van der Waals surface area contributed by atoms with E-state index in [0.29, 0.717) is 17.1 Å². The number of carbonyl (C=O) groups excluding carboxylic acids is 1. The second-order valence-corrected chi connectivity index (χ2v) is 8.12. The average Bonchev–Trinajstić information content (AvgIpc) is 3.26. The Hall–Kier alpha value is -3.90. The van der Waals surface area contributed by atoms with Crippen LogP contribution in [0.3, 0.4) is 0 Å². The first-order valence-corrected chi connectivity index (χ1v) is 10.7. The molecule has 6 heteroatoms. The Kier molecular flexibility index (Phi) is 5.21. The van der Waals surface area contributed by atoms with E-state index in [0.717, 1.165) is 32.7 Å². The minimum Gasteiger partial charge on any atom is -0.296 e. The number of nitrogens with zero attached hydrogens (tertiary/aromatic N) is 3. The van der Waals surface area contributed by atoms with Crippen LogP contribution in [0.15, 0.2) is 91.0 Å². The van der Waals surface area contributed by atoms with Gasteiger partial charge in [-0.3, -0.25) is 10.1 Å². The maximum atomic E-state index is 13.2. The third-order valence-electron chi connectivity index (χ3n) is 4.92. The maximum Gasteiger partial charge on any atom is 0.258 e. The lowest BCUT2D eigenvalue weighted by molar-refractivity contribution is 0.102. The highest BCUT2D eigenvalue weighted by molar-refractivity contribution is 7.15. The second-order valence-electron chi connectivity index (χ2n) is 7.06. The average molecular weight is 423 g/mol. The molecule has 150 valence electrons. The minimum absolute atomic E-state index is 0.224. The molecule has 0 fully saturated rings. The number of para-hydroxylation sites is 1. The number of rotatable bonds is 5. The van der Waals surface area contributed by atoms with Crippen LogP contribution in [0, 0.1) is 0 Å². The van der Waals surface area contributed by atoms with Gasteiger partial charge in [0.2, 0.25) is 5.13 Å². The van der Waals surface area contributed by atoms with E-state index < -0.39 is 0 Å². The third-order valence-corrected chi connectivity index (χ3v) is 5.75. The molecule has 0 aliphatic carbocycles. The van der Waals surface area contributed by atoms with Crippen LogP contribution in [0.2, 0.25) is 0 Å². The van der Waals surface area contributed by atoms with E-state index >= 15 is 0 Å². The Bertz CT molecular complexity index is 1350. The van der Waals surface area contributed by atoms with Crippen molar-refractivity contribution in [2.24, 2.45) is 0 Å². The summed E-state index contributed by atoms with van der Waals surface area (Å²) in [6.07, 6.45) is 0.685. The quantitative estimate of drug-likeness (QED) is 0.400. The monoisotopic (exact) mass is 422 g/mol. The van der Waals surface area contributed by atoms with Crippen molar-refractivity contribution in [1.29, 1.82) is 0 Å². The molecule has 1 N–H and O–H groups in total. The van der Waals surface area contributed by atoms with E-state index in [2.05, 4.69) is 15.5 Å². The van der Waals surface area contributed by atoms with Crippen molar-refractivity contribution in [3.63, 3.8) is 0 Å². The molecule has 5 rings (SSSR count). The van der Waals surface area contributed by atoms with Crippen LogP contribution in [0.1, 0.15) is 20.9 Å². The van der Waals surface area contributed by atoms with Gasteiger partial charge in [0.25, 0.3) is 5.91 Å². The number of benzene rings is 3. The van der Waals surface area contributed by atoms with Crippen LogP contribution in [0.25, 0.3) is 22.2 Å². The van der Waals surface area contributed by atoms with E-state index in [-0.39, 0.29) is 5.91 Å². The molecular weight excluding hydrogens is 404 g/mol. The number of hydrogen-bond acceptors (Lipinski definition) is 5. The fourth-order valence-electron chi connectivity index (χ4n) is 3.43. The van der Waals surface area contributed by atoms with Crippen molar-refractivity contribution in [3.05, 3.63) is 107 Å². The number of nitrogens with one attached hydrogen (secondary N) is 1. The predicted molar refractivity (Wildman–Crippen MR) is 124 cm³/mol. The summed E-state index contributed by atoms with van der Waals surface area (Å²) in [6, 6.07) is 29.4. The Morgan fingerprint density at radius 1 is 0.839 bits per heavy atom. The molecule has 0 bridgehead atoms.